The van der Waals surface area contributed by atoms with E-state index in [0.29, 0.717) is 18.7 Å². The average Bonchev–Trinajstić information content (AvgIpc) is 2.45. The molecular weight excluding hydrogens is 241 g/mol. The summed E-state index contributed by atoms with van der Waals surface area (Å²) < 4.78 is 19.6. The summed E-state index contributed by atoms with van der Waals surface area (Å²) in [6.07, 6.45) is -0.286. The van der Waals surface area contributed by atoms with E-state index in [4.69, 9.17) is 4.74 Å². The third kappa shape index (κ3) is 3.88. The Morgan fingerprint density at radius 3 is 2.42 bits per heavy atom. The second-order valence-corrected chi connectivity index (χ2v) is 4.36. The largest absolute Gasteiger partial charge is 0.367 e. The van der Waals surface area contributed by atoms with Crippen LogP contribution in [0, 0.1) is 5.82 Å². The zero-order valence-corrected chi connectivity index (χ0v) is 11.0. The van der Waals surface area contributed by atoms with Crippen molar-refractivity contribution in [3.05, 3.63) is 71.5 Å². The van der Waals surface area contributed by atoms with Crippen LogP contribution < -0.4 is 5.32 Å². The molecular formula is C16H18FNO. The lowest BCUT2D eigenvalue weighted by atomic mass is 10.1. The second-order valence-electron chi connectivity index (χ2n) is 4.36. The molecule has 0 bridgehead atoms. The van der Waals surface area contributed by atoms with Gasteiger partial charge in [0.1, 0.15) is 5.82 Å². The van der Waals surface area contributed by atoms with Crippen molar-refractivity contribution in [2.24, 2.45) is 0 Å². The molecule has 0 saturated heterocycles. The first-order chi connectivity index (χ1) is 9.31. The summed E-state index contributed by atoms with van der Waals surface area (Å²) in [6.45, 7) is 1.05. The van der Waals surface area contributed by atoms with Crippen molar-refractivity contribution in [3.63, 3.8) is 0 Å². The molecule has 19 heavy (non-hydrogen) atoms. The van der Waals surface area contributed by atoms with Crippen LogP contribution >= 0.6 is 0 Å². The highest BCUT2D eigenvalue weighted by Gasteiger charge is 2.15. The molecule has 1 unspecified atom stereocenters. The van der Waals surface area contributed by atoms with Crippen LogP contribution in [0.5, 0.6) is 0 Å². The number of likely N-dealkylation sites (N-methyl/N-ethyl adjacent to an activating group) is 1. The molecule has 0 aliphatic heterocycles. The maximum absolute atomic E-state index is 13.8. The lowest BCUT2D eigenvalue weighted by Crippen LogP contribution is -2.20. The first kappa shape index (κ1) is 13.7. The number of hydrogen-bond acceptors (Lipinski definition) is 2. The molecule has 2 nitrogen and oxygen atoms in total. The topological polar surface area (TPSA) is 21.3 Å². The van der Waals surface area contributed by atoms with Crippen LogP contribution in [0.3, 0.4) is 0 Å². The Bertz CT molecular complexity index is 501. The van der Waals surface area contributed by atoms with Crippen molar-refractivity contribution in [2.75, 3.05) is 13.6 Å². The van der Waals surface area contributed by atoms with Crippen molar-refractivity contribution in [1.29, 1.82) is 0 Å². The van der Waals surface area contributed by atoms with Crippen LogP contribution in [0.25, 0.3) is 0 Å². The Balaban J connectivity index is 2.07. The van der Waals surface area contributed by atoms with Gasteiger partial charge in [-0.2, -0.15) is 0 Å². The number of ether oxygens (including phenoxy) is 1. The summed E-state index contributed by atoms with van der Waals surface area (Å²) in [5, 5.41) is 3.04. The Morgan fingerprint density at radius 1 is 1.05 bits per heavy atom. The summed E-state index contributed by atoms with van der Waals surface area (Å²) >= 11 is 0. The fourth-order valence-corrected chi connectivity index (χ4v) is 1.95. The third-order valence-corrected chi connectivity index (χ3v) is 2.94. The minimum atomic E-state index is -0.286. The SMILES string of the molecule is CNCC(OCc1ccccc1)c1ccccc1F. The van der Waals surface area contributed by atoms with Gasteiger partial charge < -0.3 is 10.1 Å². The van der Waals surface area contributed by atoms with Crippen LogP contribution in [-0.2, 0) is 11.3 Å². The molecule has 2 rings (SSSR count). The highest BCUT2D eigenvalue weighted by Crippen LogP contribution is 2.21. The molecule has 1 atom stereocenters. The first-order valence-electron chi connectivity index (χ1n) is 6.36. The molecule has 0 saturated carbocycles. The average molecular weight is 259 g/mol. The summed E-state index contributed by atoms with van der Waals surface area (Å²) in [6, 6.07) is 16.6. The predicted octanol–water partition coefficient (Wildman–Crippen LogP) is 3.30. The van der Waals surface area contributed by atoms with Crippen LogP contribution in [0.1, 0.15) is 17.2 Å². The standard InChI is InChI=1S/C16H18FNO/c1-18-11-16(14-9-5-6-10-15(14)17)19-12-13-7-3-2-4-8-13/h2-10,16,18H,11-12H2,1H3. The van der Waals surface area contributed by atoms with E-state index in [1.54, 1.807) is 12.1 Å². The monoisotopic (exact) mass is 259 g/mol. The van der Waals surface area contributed by atoms with E-state index in [0.717, 1.165) is 5.56 Å². The summed E-state index contributed by atoms with van der Waals surface area (Å²) in [4.78, 5) is 0. The number of benzene rings is 2. The van der Waals surface area contributed by atoms with E-state index < -0.39 is 0 Å². The molecule has 0 heterocycles. The molecule has 3 heteroatoms. The highest BCUT2D eigenvalue weighted by atomic mass is 19.1. The van der Waals surface area contributed by atoms with E-state index in [1.807, 2.05) is 43.4 Å². The molecule has 100 valence electrons. The fourth-order valence-electron chi connectivity index (χ4n) is 1.95. The predicted molar refractivity (Wildman–Crippen MR) is 74.3 cm³/mol. The van der Waals surface area contributed by atoms with Gasteiger partial charge in [0.2, 0.25) is 0 Å². The maximum Gasteiger partial charge on any atom is 0.129 e. The normalized spacial score (nSPS) is 12.3. The van der Waals surface area contributed by atoms with Crippen LogP contribution in [0.4, 0.5) is 4.39 Å². The quantitative estimate of drug-likeness (QED) is 0.859. The summed E-state index contributed by atoms with van der Waals surface area (Å²) in [5.74, 6) is -0.226. The lowest BCUT2D eigenvalue weighted by molar-refractivity contribution is 0.0388. The van der Waals surface area contributed by atoms with Gasteiger partial charge in [0, 0.05) is 12.1 Å². The molecule has 0 aliphatic rings. The molecule has 0 aromatic heterocycles. The first-order valence-corrected chi connectivity index (χ1v) is 6.36. The Labute approximate surface area is 113 Å². The number of rotatable bonds is 6. The van der Waals surface area contributed by atoms with Crippen molar-refractivity contribution in [3.8, 4) is 0 Å². The number of hydrogen-bond donors (Lipinski definition) is 1. The lowest BCUT2D eigenvalue weighted by Gasteiger charge is -2.18. The van der Waals surface area contributed by atoms with Crippen molar-refractivity contribution in [1.82, 2.24) is 5.32 Å². The highest BCUT2D eigenvalue weighted by molar-refractivity contribution is 5.21. The molecule has 0 amide bonds. The Kier molecular flexibility index (Phi) is 5.07. The van der Waals surface area contributed by atoms with Crippen LogP contribution in [0.2, 0.25) is 0 Å². The molecule has 0 aliphatic carbocycles. The molecule has 0 radical (unpaired) electrons. The summed E-state index contributed by atoms with van der Waals surface area (Å²) in [7, 11) is 1.83. The van der Waals surface area contributed by atoms with E-state index in [1.165, 1.54) is 6.07 Å². The molecule has 0 spiro atoms. The van der Waals surface area contributed by atoms with Crippen LogP contribution in [-0.4, -0.2) is 13.6 Å². The molecule has 0 fully saturated rings. The molecule has 2 aromatic carbocycles. The molecule has 2 aromatic rings. The smallest absolute Gasteiger partial charge is 0.129 e. The Morgan fingerprint density at radius 2 is 1.74 bits per heavy atom. The van der Waals surface area contributed by atoms with E-state index in [9.17, 15) is 4.39 Å². The van der Waals surface area contributed by atoms with E-state index >= 15 is 0 Å². The minimum absolute atomic E-state index is 0.226. The van der Waals surface area contributed by atoms with Gasteiger partial charge in [-0.05, 0) is 18.7 Å². The molecule has 1 N–H and O–H groups in total. The van der Waals surface area contributed by atoms with Gasteiger partial charge in [0.05, 0.1) is 12.7 Å². The Hall–Kier alpha value is -1.71. The number of nitrogens with one attached hydrogen (secondary N) is 1. The van der Waals surface area contributed by atoms with Gasteiger partial charge in [-0.3, -0.25) is 0 Å². The van der Waals surface area contributed by atoms with Gasteiger partial charge >= 0.3 is 0 Å². The fraction of sp³-hybridized carbons (Fsp3) is 0.250. The zero-order valence-electron chi connectivity index (χ0n) is 11.0. The zero-order chi connectivity index (χ0) is 13.5. The summed E-state index contributed by atoms with van der Waals surface area (Å²) in [5.41, 5.74) is 1.67. The van der Waals surface area contributed by atoms with Crippen molar-refractivity contribution in [2.45, 2.75) is 12.7 Å². The van der Waals surface area contributed by atoms with Crippen molar-refractivity contribution < 1.29 is 9.13 Å². The van der Waals surface area contributed by atoms with Crippen LogP contribution in [0.15, 0.2) is 54.6 Å². The van der Waals surface area contributed by atoms with Gasteiger partial charge in [-0.15, -0.1) is 0 Å². The minimum Gasteiger partial charge on any atom is -0.367 e. The second kappa shape index (κ2) is 7.02. The van der Waals surface area contributed by atoms with E-state index in [-0.39, 0.29) is 11.9 Å². The third-order valence-electron chi connectivity index (χ3n) is 2.94. The van der Waals surface area contributed by atoms with Gasteiger partial charge in [-0.1, -0.05) is 48.5 Å². The van der Waals surface area contributed by atoms with Crippen molar-refractivity contribution >= 4 is 0 Å². The van der Waals surface area contributed by atoms with Gasteiger partial charge in [0.25, 0.3) is 0 Å². The van der Waals surface area contributed by atoms with Gasteiger partial charge in [-0.25, -0.2) is 4.39 Å². The van der Waals surface area contributed by atoms with E-state index in [2.05, 4.69) is 5.32 Å². The maximum atomic E-state index is 13.8. The number of halogens is 1. The van der Waals surface area contributed by atoms with Gasteiger partial charge in [0.15, 0.2) is 0 Å².